The number of nitrogens with zero attached hydrogens (tertiary/aromatic N) is 5. The van der Waals surface area contributed by atoms with Gasteiger partial charge in [0, 0.05) is 13.1 Å². The van der Waals surface area contributed by atoms with Crippen molar-refractivity contribution in [3.05, 3.63) is 54.1 Å². The molecule has 1 aliphatic heterocycles. The van der Waals surface area contributed by atoms with Crippen LogP contribution in [-0.2, 0) is 7.05 Å². The molecule has 0 radical (unpaired) electrons. The van der Waals surface area contributed by atoms with Crippen LogP contribution in [0.3, 0.4) is 0 Å². The number of allylic oxidation sites excluding steroid dienone is 1. The number of aryl methyl sites for hydroxylation is 1. The first kappa shape index (κ1) is 15.9. The number of rotatable bonds is 1. The summed E-state index contributed by atoms with van der Waals surface area (Å²) in [5, 5.41) is 9.43. The third kappa shape index (κ3) is 3.18. The summed E-state index contributed by atoms with van der Waals surface area (Å²) in [5.41, 5.74) is 1.92. The van der Waals surface area contributed by atoms with E-state index in [0.717, 1.165) is 11.8 Å². The molecule has 6 nitrogen and oxygen atoms in total. The number of halogens is 1. The zero-order valence-corrected chi connectivity index (χ0v) is 13.3. The van der Waals surface area contributed by atoms with Crippen LogP contribution in [0.4, 0.5) is 9.18 Å². The fourth-order valence-electron chi connectivity index (χ4n) is 2.79. The molecule has 2 aromatic heterocycles. The van der Waals surface area contributed by atoms with Crippen molar-refractivity contribution in [2.75, 3.05) is 13.1 Å². The molecule has 24 heavy (non-hydrogen) atoms. The van der Waals surface area contributed by atoms with E-state index in [1.165, 1.54) is 12.1 Å². The first-order valence-corrected chi connectivity index (χ1v) is 7.65. The highest BCUT2D eigenvalue weighted by molar-refractivity contribution is 5.79. The van der Waals surface area contributed by atoms with Gasteiger partial charge in [0.25, 0.3) is 6.33 Å². The highest BCUT2D eigenvalue weighted by Gasteiger charge is 2.25. The molecule has 2 aromatic rings. The van der Waals surface area contributed by atoms with E-state index in [2.05, 4.69) is 11.1 Å². The Kier molecular flexibility index (Phi) is 4.38. The van der Waals surface area contributed by atoms with Gasteiger partial charge >= 0.3 is 6.03 Å². The number of aromatic nitrogens is 3. The summed E-state index contributed by atoms with van der Waals surface area (Å²) in [6.07, 6.45) is 7.58. The lowest BCUT2D eigenvalue weighted by Crippen LogP contribution is -2.39. The number of carbonyl (C=O) groups excluding carboxylic acids is 1. The zero-order valence-electron chi connectivity index (χ0n) is 13.3. The number of amides is 1. The average Bonchev–Trinajstić information content (AvgIpc) is 3.04. The minimum Gasteiger partial charge on any atom is -0.304 e. The molecule has 0 N–H and O–H groups in total. The highest BCUT2D eigenvalue weighted by Crippen LogP contribution is 2.25. The lowest BCUT2D eigenvalue weighted by atomic mass is 9.96. The van der Waals surface area contributed by atoms with Gasteiger partial charge in [0.05, 0.1) is 24.5 Å². The van der Waals surface area contributed by atoms with Crippen molar-refractivity contribution in [2.45, 2.75) is 12.8 Å². The number of nitriles is 1. The molecule has 1 saturated heterocycles. The van der Waals surface area contributed by atoms with Crippen LogP contribution in [0, 0.1) is 17.1 Å². The largest absolute Gasteiger partial charge is 0.415 e. The van der Waals surface area contributed by atoms with Crippen LogP contribution in [0.25, 0.3) is 5.57 Å². The van der Waals surface area contributed by atoms with Crippen molar-refractivity contribution in [3.63, 3.8) is 0 Å². The van der Waals surface area contributed by atoms with Crippen molar-refractivity contribution >= 4 is 11.6 Å². The summed E-state index contributed by atoms with van der Waals surface area (Å²) in [6, 6.07) is 4.90. The number of hydrogen-bond acceptors (Lipinski definition) is 3. The van der Waals surface area contributed by atoms with Crippen molar-refractivity contribution < 1.29 is 13.8 Å². The second-order valence-electron chi connectivity index (χ2n) is 5.71. The summed E-state index contributed by atoms with van der Waals surface area (Å²) >= 11 is 0. The molecule has 0 spiro atoms. The molecule has 0 aliphatic carbocycles. The summed E-state index contributed by atoms with van der Waals surface area (Å²) in [7, 11) is 1.86. The van der Waals surface area contributed by atoms with Gasteiger partial charge < -0.3 is 4.90 Å². The Bertz CT molecular complexity index is 821. The second kappa shape index (κ2) is 6.62. The van der Waals surface area contributed by atoms with Crippen LogP contribution >= 0.6 is 0 Å². The van der Waals surface area contributed by atoms with Gasteiger partial charge in [-0.25, -0.2) is 13.8 Å². The SMILES string of the molecule is C[n+]1ccn(C(=O)N2CCC(=C(C#N)c3ccc(F)cn3)CC2)c1. The van der Waals surface area contributed by atoms with Gasteiger partial charge in [-0.2, -0.15) is 9.83 Å². The molecule has 1 amide bonds. The van der Waals surface area contributed by atoms with E-state index in [1.807, 2.05) is 7.05 Å². The first-order chi connectivity index (χ1) is 11.6. The zero-order chi connectivity index (χ0) is 17.1. The Labute approximate surface area is 139 Å². The van der Waals surface area contributed by atoms with Crippen molar-refractivity contribution in [2.24, 2.45) is 7.05 Å². The normalized spacial score (nSPS) is 14.4. The maximum absolute atomic E-state index is 13.0. The quantitative estimate of drug-likeness (QED) is 0.594. The number of likely N-dealkylation sites (tertiary alicyclic amines) is 1. The minimum absolute atomic E-state index is 0.0759. The monoisotopic (exact) mass is 326 g/mol. The predicted molar refractivity (Wildman–Crippen MR) is 83.9 cm³/mol. The van der Waals surface area contributed by atoms with Gasteiger partial charge in [-0.1, -0.05) is 0 Å². The predicted octanol–water partition coefficient (Wildman–Crippen LogP) is 1.89. The molecular weight excluding hydrogens is 309 g/mol. The number of carbonyl (C=O) groups is 1. The van der Waals surface area contributed by atoms with Crippen LogP contribution in [0.15, 0.2) is 42.6 Å². The molecule has 122 valence electrons. The smallest absolute Gasteiger partial charge is 0.304 e. The molecule has 0 bridgehead atoms. The van der Waals surface area contributed by atoms with Crippen LogP contribution in [0.2, 0.25) is 0 Å². The first-order valence-electron chi connectivity index (χ1n) is 7.65. The van der Waals surface area contributed by atoms with Gasteiger partial charge in [0.15, 0.2) is 0 Å². The lowest BCUT2D eigenvalue weighted by Gasteiger charge is -2.27. The van der Waals surface area contributed by atoms with Gasteiger partial charge in [0.2, 0.25) is 0 Å². The van der Waals surface area contributed by atoms with E-state index in [1.54, 1.807) is 32.8 Å². The van der Waals surface area contributed by atoms with E-state index in [-0.39, 0.29) is 6.03 Å². The molecule has 3 heterocycles. The molecule has 0 atom stereocenters. The van der Waals surface area contributed by atoms with Crippen molar-refractivity contribution in [1.82, 2.24) is 14.5 Å². The minimum atomic E-state index is -0.429. The molecule has 0 aromatic carbocycles. The van der Waals surface area contributed by atoms with E-state index < -0.39 is 5.82 Å². The molecule has 7 heteroatoms. The van der Waals surface area contributed by atoms with Gasteiger partial charge in [-0.3, -0.25) is 4.98 Å². The molecule has 1 aliphatic rings. The lowest BCUT2D eigenvalue weighted by molar-refractivity contribution is -0.670. The number of piperidine rings is 1. The summed E-state index contributed by atoms with van der Waals surface area (Å²) in [4.78, 5) is 18.2. The van der Waals surface area contributed by atoms with Crippen molar-refractivity contribution in [1.29, 1.82) is 5.26 Å². The van der Waals surface area contributed by atoms with E-state index >= 15 is 0 Å². The highest BCUT2D eigenvalue weighted by atomic mass is 19.1. The van der Waals surface area contributed by atoms with Crippen LogP contribution in [0.1, 0.15) is 18.5 Å². The Balaban J connectivity index is 1.74. The fourth-order valence-corrected chi connectivity index (χ4v) is 2.79. The third-order valence-corrected chi connectivity index (χ3v) is 4.08. The van der Waals surface area contributed by atoms with E-state index in [0.29, 0.717) is 37.2 Å². The van der Waals surface area contributed by atoms with Gasteiger partial charge in [-0.05, 0) is 30.5 Å². The van der Waals surface area contributed by atoms with Crippen LogP contribution in [-0.4, -0.2) is 33.6 Å². The van der Waals surface area contributed by atoms with E-state index in [9.17, 15) is 14.4 Å². The Hall–Kier alpha value is -3.01. The van der Waals surface area contributed by atoms with Gasteiger partial charge in [-0.15, -0.1) is 0 Å². The number of pyridine rings is 1. The Morgan fingerprint density at radius 2 is 2.12 bits per heavy atom. The summed E-state index contributed by atoms with van der Waals surface area (Å²) in [6.45, 7) is 1.09. The van der Waals surface area contributed by atoms with Gasteiger partial charge in [0.1, 0.15) is 24.3 Å². The maximum Gasteiger partial charge on any atom is 0.415 e. The van der Waals surface area contributed by atoms with Crippen molar-refractivity contribution in [3.8, 4) is 6.07 Å². The Morgan fingerprint density at radius 3 is 2.67 bits per heavy atom. The third-order valence-electron chi connectivity index (χ3n) is 4.08. The molecule has 3 rings (SSSR count). The standard InChI is InChI=1S/C17H17FN5O/c1-21-8-9-23(12-21)17(24)22-6-4-13(5-7-22)15(10-19)16-3-2-14(18)11-20-16/h2-3,8-9,11-12H,4-7H2,1H3/q+1. The second-order valence-corrected chi connectivity index (χ2v) is 5.71. The molecule has 0 unspecified atom stereocenters. The molecule has 0 saturated carbocycles. The fraction of sp³-hybridized carbons (Fsp3) is 0.294. The number of imidazole rings is 1. The topological polar surface area (TPSA) is 65.8 Å². The van der Waals surface area contributed by atoms with E-state index in [4.69, 9.17) is 0 Å². The van der Waals surface area contributed by atoms with Crippen LogP contribution in [0.5, 0.6) is 0 Å². The maximum atomic E-state index is 13.0. The number of hydrogen-bond donors (Lipinski definition) is 0. The Morgan fingerprint density at radius 1 is 1.38 bits per heavy atom. The molecule has 1 fully saturated rings. The average molecular weight is 326 g/mol. The summed E-state index contributed by atoms with van der Waals surface area (Å²) in [5.74, 6) is -0.429. The molecular formula is C17H17FN5O+. The van der Waals surface area contributed by atoms with Crippen LogP contribution < -0.4 is 4.57 Å². The summed E-state index contributed by atoms with van der Waals surface area (Å²) < 4.78 is 16.3.